The second kappa shape index (κ2) is 5.63. The molecule has 0 bridgehead atoms. The summed E-state index contributed by atoms with van der Waals surface area (Å²) in [5.74, 6) is -0.500. The summed E-state index contributed by atoms with van der Waals surface area (Å²) >= 11 is 1.01. The fourth-order valence-corrected chi connectivity index (χ4v) is 3.87. The first-order chi connectivity index (χ1) is 9.47. The van der Waals surface area contributed by atoms with Gasteiger partial charge >= 0.3 is 5.97 Å². The lowest BCUT2D eigenvalue weighted by Crippen LogP contribution is -2.16. The predicted molar refractivity (Wildman–Crippen MR) is 74.4 cm³/mol. The zero-order valence-electron chi connectivity index (χ0n) is 10.8. The molecule has 2 heterocycles. The van der Waals surface area contributed by atoms with Crippen molar-refractivity contribution in [1.29, 1.82) is 0 Å². The fraction of sp³-hybridized carbons (Fsp3) is 0.273. The highest BCUT2D eigenvalue weighted by molar-refractivity contribution is 7.93. The molecule has 0 aliphatic heterocycles. The summed E-state index contributed by atoms with van der Waals surface area (Å²) in [6.07, 6.45) is 0.709. The number of thiophene rings is 1. The number of aromatic amines is 1. The molecule has 0 aliphatic rings. The predicted octanol–water partition coefficient (Wildman–Crippen LogP) is 1.62. The number of rotatable bonds is 5. The van der Waals surface area contributed by atoms with Crippen molar-refractivity contribution in [3.05, 3.63) is 28.1 Å². The van der Waals surface area contributed by atoms with Crippen molar-refractivity contribution in [1.82, 2.24) is 10.2 Å². The molecule has 0 radical (unpaired) electrons. The van der Waals surface area contributed by atoms with E-state index in [0.29, 0.717) is 6.42 Å². The molecule has 7 nitrogen and oxygen atoms in total. The molecule has 2 aromatic heterocycles. The minimum Gasteiger partial charge on any atom is -0.465 e. The second-order valence-corrected chi connectivity index (χ2v) is 6.41. The van der Waals surface area contributed by atoms with Gasteiger partial charge in [0.25, 0.3) is 10.0 Å². The van der Waals surface area contributed by atoms with E-state index in [1.54, 1.807) is 6.07 Å². The number of nitrogens with zero attached hydrogens (tertiary/aromatic N) is 1. The number of carbonyl (C=O) groups is 1. The Kier molecular flexibility index (Phi) is 4.09. The Morgan fingerprint density at radius 3 is 2.90 bits per heavy atom. The van der Waals surface area contributed by atoms with E-state index in [9.17, 15) is 13.2 Å². The maximum atomic E-state index is 12.2. The standard InChI is InChI=1S/C11H13N3O4S2/c1-3-7-6-9(13-12-7)14-20(16,17)8-4-5-19-10(8)11(15)18-2/h4-6H,3H2,1-2H3,(H2,12,13,14). The zero-order chi connectivity index (χ0) is 14.8. The molecule has 20 heavy (non-hydrogen) atoms. The summed E-state index contributed by atoms with van der Waals surface area (Å²) in [7, 11) is -2.67. The molecule has 0 aromatic carbocycles. The van der Waals surface area contributed by atoms with E-state index in [1.165, 1.54) is 18.6 Å². The quantitative estimate of drug-likeness (QED) is 0.816. The average molecular weight is 315 g/mol. The molecule has 0 atom stereocenters. The summed E-state index contributed by atoms with van der Waals surface area (Å²) in [5.41, 5.74) is 0.807. The van der Waals surface area contributed by atoms with Gasteiger partial charge < -0.3 is 4.74 Å². The van der Waals surface area contributed by atoms with E-state index in [4.69, 9.17) is 0 Å². The van der Waals surface area contributed by atoms with Gasteiger partial charge in [-0.25, -0.2) is 13.2 Å². The molecule has 0 aliphatic carbocycles. The molecule has 0 saturated heterocycles. The number of anilines is 1. The first kappa shape index (κ1) is 14.5. The number of nitrogens with one attached hydrogen (secondary N) is 2. The van der Waals surface area contributed by atoms with E-state index >= 15 is 0 Å². The van der Waals surface area contributed by atoms with Crippen LogP contribution in [0.25, 0.3) is 0 Å². The minimum atomic E-state index is -3.87. The number of methoxy groups -OCH3 is 1. The molecule has 108 valence electrons. The Morgan fingerprint density at radius 2 is 2.30 bits per heavy atom. The van der Waals surface area contributed by atoms with Crippen LogP contribution in [0, 0.1) is 0 Å². The van der Waals surface area contributed by atoms with Crippen molar-refractivity contribution in [2.75, 3.05) is 11.8 Å². The van der Waals surface area contributed by atoms with Gasteiger partial charge in [0.1, 0.15) is 9.77 Å². The van der Waals surface area contributed by atoms with Gasteiger partial charge in [0.15, 0.2) is 5.82 Å². The second-order valence-electron chi connectivity index (χ2n) is 3.84. The molecule has 0 amide bonds. The monoisotopic (exact) mass is 315 g/mol. The fourth-order valence-electron chi connectivity index (χ4n) is 1.54. The van der Waals surface area contributed by atoms with Gasteiger partial charge in [0.05, 0.1) is 7.11 Å². The van der Waals surface area contributed by atoms with E-state index in [0.717, 1.165) is 17.0 Å². The largest absolute Gasteiger partial charge is 0.465 e. The topological polar surface area (TPSA) is 101 Å². The van der Waals surface area contributed by atoms with E-state index in [-0.39, 0.29) is 15.6 Å². The molecule has 0 saturated carbocycles. The lowest BCUT2D eigenvalue weighted by atomic mass is 10.3. The van der Waals surface area contributed by atoms with Crippen molar-refractivity contribution in [3.8, 4) is 0 Å². The number of esters is 1. The molecule has 2 aromatic rings. The SMILES string of the molecule is CCc1cc(NS(=O)(=O)c2ccsc2C(=O)OC)n[nH]1. The lowest BCUT2D eigenvalue weighted by Gasteiger charge is -2.05. The molecule has 0 unspecified atom stereocenters. The number of sulfonamides is 1. The third-order valence-electron chi connectivity index (χ3n) is 2.54. The number of carbonyl (C=O) groups excluding carboxylic acids is 1. The molecule has 0 fully saturated rings. The van der Waals surface area contributed by atoms with Crippen LogP contribution in [-0.4, -0.2) is 31.7 Å². The maximum Gasteiger partial charge on any atom is 0.349 e. The molecule has 2 N–H and O–H groups in total. The summed E-state index contributed by atoms with van der Waals surface area (Å²) < 4.78 is 31.4. The van der Waals surface area contributed by atoms with Crippen LogP contribution in [0.1, 0.15) is 22.3 Å². The van der Waals surface area contributed by atoms with Crippen LogP contribution < -0.4 is 4.72 Å². The van der Waals surface area contributed by atoms with Gasteiger partial charge in [-0.05, 0) is 17.9 Å². The number of hydrogen-bond acceptors (Lipinski definition) is 6. The third-order valence-corrected chi connectivity index (χ3v) is 4.96. The zero-order valence-corrected chi connectivity index (χ0v) is 12.5. The summed E-state index contributed by atoms with van der Waals surface area (Å²) in [4.78, 5) is 11.4. The highest BCUT2D eigenvalue weighted by atomic mass is 32.2. The number of H-pyrrole nitrogens is 1. The number of aryl methyl sites for hydroxylation is 1. The van der Waals surface area contributed by atoms with Crippen molar-refractivity contribution in [3.63, 3.8) is 0 Å². The summed E-state index contributed by atoms with van der Waals surface area (Å²) in [5, 5.41) is 8.07. The van der Waals surface area contributed by atoms with Crippen LogP contribution in [0.4, 0.5) is 5.82 Å². The van der Waals surface area contributed by atoms with Gasteiger partial charge in [-0.15, -0.1) is 11.3 Å². The Balaban J connectivity index is 2.31. The van der Waals surface area contributed by atoms with Gasteiger partial charge in [-0.1, -0.05) is 6.92 Å². The van der Waals surface area contributed by atoms with Crippen molar-refractivity contribution >= 4 is 33.1 Å². The molecule has 2 rings (SSSR count). The minimum absolute atomic E-state index is 0.0336. The smallest absolute Gasteiger partial charge is 0.349 e. The third kappa shape index (κ3) is 2.83. The summed E-state index contributed by atoms with van der Waals surface area (Å²) in [6.45, 7) is 1.92. The van der Waals surface area contributed by atoms with E-state index in [2.05, 4.69) is 19.7 Å². The van der Waals surface area contributed by atoms with Gasteiger partial charge in [0, 0.05) is 11.8 Å². The Bertz CT molecular complexity index is 718. The Morgan fingerprint density at radius 1 is 1.55 bits per heavy atom. The molecular formula is C11H13N3O4S2. The maximum absolute atomic E-state index is 12.2. The Labute approximate surface area is 120 Å². The first-order valence-corrected chi connectivity index (χ1v) is 8.07. The molecule has 0 spiro atoms. The van der Waals surface area contributed by atoms with Crippen molar-refractivity contribution in [2.45, 2.75) is 18.2 Å². The molecule has 9 heteroatoms. The first-order valence-electron chi connectivity index (χ1n) is 5.71. The Hall–Kier alpha value is -1.87. The summed E-state index contributed by atoms with van der Waals surface area (Å²) in [6, 6.07) is 2.95. The highest BCUT2D eigenvalue weighted by Gasteiger charge is 2.25. The van der Waals surface area contributed by atoms with Crippen LogP contribution in [-0.2, 0) is 21.2 Å². The van der Waals surface area contributed by atoms with E-state index < -0.39 is 16.0 Å². The van der Waals surface area contributed by atoms with Gasteiger partial charge in [-0.2, -0.15) is 5.10 Å². The lowest BCUT2D eigenvalue weighted by molar-refractivity contribution is 0.0602. The van der Waals surface area contributed by atoms with Crippen LogP contribution >= 0.6 is 11.3 Å². The van der Waals surface area contributed by atoms with Crippen LogP contribution in [0.15, 0.2) is 22.4 Å². The van der Waals surface area contributed by atoms with E-state index in [1.807, 2.05) is 6.92 Å². The van der Waals surface area contributed by atoms with Gasteiger partial charge in [-0.3, -0.25) is 9.82 Å². The highest BCUT2D eigenvalue weighted by Crippen LogP contribution is 2.24. The van der Waals surface area contributed by atoms with Crippen LogP contribution in [0.3, 0.4) is 0 Å². The molecular weight excluding hydrogens is 302 g/mol. The number of aromatic nitrogens is 2. The van der Waals surface area contributed by atoms with Crippen molar-refractivity contribution in [2.24, 2.45) is 0 Å². The normalized spacial score (nSPS) is 11.3. The van der Waals surface area contributed by atoms with Gasteiger partial charge in [0.2, 0.25) is 0 Å². The van der Waals surface area contributed by atoms with Crippen LogP contribution in [0.5, 0.6) is 0 Å². The average Bonchev–Trinajstić information content (AvgIpc) is 3.05. The van der Waals surface area contributed by atoms with Crippen molar-refractivity contribution < 1.29 is 17.9 Å². The van der Waals surface area contributed by atoms with Crippen LogP contribution in [0.2, 0.25) is 0 Å². The number of ether oxygens (including phenoxy) is 1. The number of hydrogen-bond donors (Lipinski definition) is 2.